The standard InChI is InChI=1S/C19H20N2O5S/c1-11(2)19(18(23)24)5-6-21(9-19)17(22)15-8-20-16(27-15)12-3-4-13-14(7-12)26-10-25-13/h3-4,7-8,11H,5-6,9-10H2,1-2H3,(H,23,24). The van der Waals surface area contributed by atoms with E-state index in [0.29, 0.717) is 34.3 Å². The molecule has 0 spiro atoms. The Morgan fingerprint density at radius 1 is 1.30 bits per heavy atom. The van der Waals surface area contributed by atoms with Gasteiger partial charge in [0.1, 0.15) is 9.88 Å². The first-order chi connectivity index (χ1) is 12.9. The Balaban J connectivity index is 1.54. The van der Waals surface area contributed by atoms with E-state index < -0.39 is 11.4 Å². The summed E-state index contributed by atoms with van der Waals surface area (Å²) in [6.45, 7) is 4.67. The number of hydrogen-bond acceptors (Lipinski definition) is 6. The molecule has 2 aliphatic heterocycles. The van der Waals surface area contributed by atoms with Gasteiger partial charge < -0.3 is 19.5 Å². The number of rotatable bonds is 4. The molecule has 0 radical (unpaired) electrons. The van der Waals surface area contributed by atoms with E-state index in [1.165, 1.54) is 11.3 Å². The number of fused-ring (bicyclic) bond motifs is 1. The highest BCUT2D eigenvalue weighted by Gasteiger charge is 2.48. The van der Waals surface area contributed by atoms with Crippen molar-refractivity contribution in [3.05, 3.63) is 29.3 Å². The number of benzene rings is 1. The topological polar surface area (TPSA) is 89.0 Å². The minimum atomic E-state index is -0.875. The fraction of sp³-hybridized carbons (Fsp3) is 0.421. The van der Waals surface area contributed by atoms with E-state index in [1.54, 1.807) is 11.1 Å². The lowest BCUT2D eigenvalue weighted by atomic mass is 9.76. The van der Waals surface area contributed by atoms with Crippen molar-refractivity contribution in [3.8, 4) is 22.1 Å². The number of amides is 1. The third kappa shape index (κ3) is 2.93. The van der Waals surface area contributed by atoms with E-state index in [4.69, 9.17) is 9.47 Å². The second kappa shape index (κ2) is 6.53. The number of likely N-dealkylation sites (tertiary alicyclic amines) is 1. The van der Waals surface area contributed by atoms with E-state index in [2.05, 4.69) is 4.98 Å². The largest absolute Gasteiger partial charge is 0.481 e. The zero-order valence-corrected chi connectivity index (χ0v) is 15.9. The van der Waals surface area contributed by atoms with Gasteiger partial charge in [0, 0.05) is 18.7 Å². The van der Waals surface area contributed by atoms with Crippen molar-refractivity contribution in [3.63, 3.8) is 0 Å². The maximum Gasteiger partial charge on any atom is 0.311 e. The van der Waals surface area contributed by atoms with E-state index in [9.17, 15) is 14.7 Å². The summed E-state index contributed by atoms with van der Waals surface area (Å²) in [7, 11) is 0. The molecule has 7 nitrogen and oxygen atoms in total. The van der Waals surface area contributed by atoms with Crippen molar-refractivity contribution in [2.24, 2.45) is 11.3 Å². The first-order valence-electron chi connectivity index (χ1n) is 8.79. The number of aromatic nitrogens is 1. The molecule has 1 aromatic carbocycles. The highest BCUT2D eigenvalue weighted by molar-refractivity contribution is 7.16. The van der Waals surface area contributed by atoms with Gasteiger partial charge in [0.15, 0.2) is 11.5 Å². The summed E-state index contributed by atoms with van der Waals surface area (Å²) in [5, 5.41) is 10.4. The van der Waals surface area contributed by atoms with Crippen LogP contribution in [-0.2, 0) is 4.79 Å². The molecule has 0 saturated carbocycles. The summed E-state index contributed by atoms with van der Waals surface area (Å²) in [6, 6.07) is 5.55. The van der Waals surface area contributed by atoms with Crippen LogP contribution >= 0.6 is 11.3 Å². The Bertz CT molecular complexity index is 909. The number of carboxylic acids is 1. The Kier molecular flexibility index (Phi) is 4.30. The Morgan fingerprint density at radius 3 is 2.78 bits per heavy atom. The predicted octanol–water partition coefficient (Wildman–Crippen LogP) is 3.11. The number of carbonyl (C=O) groups excluding carboxylic acids is 1. The number of aliphatic carboxylic acids is 1. The summed E-state index contributed by atoms with van der Waals surface area (Å²) in [5.74, 6) is 0.320. The quantitative estimate of drug-likeness (QED) is 0.866. The number of ether oxygens (including phenoxy) is 2. The van der Waals surface area contributed by atoms with Gasteiger partial charge in [-0.25, -0.2) is 4.98 Å². The predicted molar refractivity (Wildman–Crippen MR) is 99.1 cm³/mol. The third-order valence-corrected chi connectivity index (χ3v) is 6.49. The van der Waals surface area contributed by atoms with Crippen LogP contribution in [-0.4, -0.2) is 46.7 Å². The molecule has 2 aromatic rings. The molecule has 27 heavy (non-hydrogen) atoms. The minimum Gasteiger partial charge on any atom is -0.481 e. The van der Waals surface area contributed by atoms with Gasteiger partial charge in [-0.1, -0.05) is 13.8 Å². The number of thiazole rings is 1. The molecule has 1 aromatic heterocycles. The molecule has 0 aliphatic carbocycles. The Labute approximate surface area is 160 Å². The van der Waals surface area contributed by atoms with Crippen LogP contribution in [0.25, 0.3) is 10.6 Å². The Morgan fingerprint density at radius 2 is 2.07 bits per heavy atom. The molecule has 0 bridgehead atoms. The lowest BCUT2D eigenvalue weighted by Crippen LogP contribution is -2.40. The summed E-state index contributed by atoms with van der Waals surface area (Å²) >= 11 is 1.30. The molecule has 2 aliphatic rings. The van der Waals surface area contributed by atoms with Crippen LogP contribution in [0.3, 0.4) is 0 Å². The zero-order chi connectivity index (χ0) is 19.2. The lowest BCUT2D eigenvalue weighted by molar-refractivity contribution is -0.150. The number of nitrogens with zero attached hydrogens (tertiary/aromatic N) is 2. The van der Waals surface area contributed by atoms with Crippen LogP contribution in [0.15, 0.2) is 24.4 Å². The minimum absolute atomic E-state index is 0.0431. The van der Waals surface area contributed by atoms with Gasteiger partial charge >= 0.3 is 5.97 Å². The van der Waals surface area contributed by atoms with Crippen molar-refractivity contribution in [2.45, 2.75) is 20.3 Å². The molecule has 1 fully saturated rings. The molecule has 3 heterocycles. The summed E-state index contributed by atoms with van der Waals surface area (Å²) in [5.41, 5.74) is -0.0210. The van der Waals surface area contributed by atoms with Crippen molar-refractivity contribution >= 4 is 23.2 Å². The maximum absolute atomic E-state index is 12.9. The van der Waals surface area contributed by atoms with Crippen molar-refractivity contribution in [1.29, 1.82) is 0 Å². The molecular formula is C19H20N2O5S. The SMILES string of the molecule is CC(C)C1(C(=O)O)CCN(C(=O)c2cnc(-c3ccc4c(c3)OCO4)s2)C1. The van der Waals surface area contributed by atoms with E-state index >= 15 is 0 Å². The molecule has 8 heteroatoms. The average Bonchev–Trinajstić information content (AvgIpc) is 3.38. The van der Waals surface area contributed by atoms with E-state index in [1.807, 2.05) is 32.0 Å². The van der Waals surface area contributed by atoms with Gasteiger partial charge in [-0.2, -0.15) is 0 Å². The molecule has 1 atom stereocenters. The normalized spacial score (nSPS) is 21.1. The summed E-state index contributed by atoms with van der Waals surface area (Å²) in [6.07, 6.45) is 2.03. The van der Waals surface area contributed by atoms with Crippen LogP contribution in [0.1, 0.15) is 29.9 Å². The molecule has 142 valence electrons. The molecule has 4 rings (SSSR count). The van der Waals surface area contributed by atoms with Gasteiger partial charge in [0.2, 0.25) is 6.79 Å². The molecule has 1 N–H and O–H groups in total. The molecular weight excluding hydrogens is 368 g/mol. The lowest BCUT2D eigenvalue weighted by Gasteiger charge is -2.28. The van der Waals surface area contributed by atoms with Crippen molar-refractivity contribution < 1.29 is 24.2 Å². The monoisotopic (exact) mass is 388 g/mol. The first kappa shape index (κ1) is 17.8. The molecule has 1 amide bonds. The number of carboxylic acid groups (broad SMARTS) is 1. The average molecular weight is 388 g/mol. The highest BCUT2D eigenvalue weighted by Crippen LogP contribution is 2.40. The van der Waals surface area contributed by atoms with E-state index in [-0.39, 0.29) is 25.2 Å². The van der Waals surface area contributed by atoms with Gasteiger partial charge in [-0.15, -0.1) is 11.3 Å². The Hall–Kier alpha value is -2.61. The number of hydrogen-bond donors (Lipinski definition) is 1. The van der Waals surface area contributed by atoms with Crippen LogP contribution in [0.2, 0.25) is 0 Å². The van der Waals surface area contributed by atoms with E-state index in [0.717, 1.165) is 5.56 Å². The van der Waals surface area contributed by atoms with Gasteiger partial charge in [-0.3, -0.25) is 9.59 Å². The van der Waals surface area contributed by atoms with Crippen LogP contribution in [0.4, 0.5) is 0 Å². The number of carbonyl (C=O) groups is 2. The summed E-state index contributed by atoms with van der Waals surface area (Å²) < 4.78 is 10.7. The first-order valence-corrected chi connectivity index (χ1v) is 9.61. The smallest absolute Gasteiger partial charge is 0.311 e. The van der Waals surface area contributed by atoms with Crippen molar-refractivity contribution in [1.82, 2.24) is 9.88 Å². The molecule has 1 saturated heterocycles. The van der Waals surface area contributed by atoms with Gasteiger partial charge in [-0.05, 0) is 30.5 Å². The fourth-order valence-corrected chi connectivity index (χ4v) is 4.47. The van der Waals surface area contributed by atoms with Gasteiger partial charge in [0.05, 0.1) is 11.6 Å². The maximum atomic E-state index is 12.9. The second-order valence-electron chi connectivity index (χ2n) is 7.19. The van der Waals surface area contributed by atoms with Gasteiger partial charge in [0.25, 0.3) is 5.91 Å². The highest BCUT2D eigenvalue weighted by atomic mass is 32.1. The van der Waals surface area contributed by atoms with Crippen LogP contribution < -0.4 is 9.47 Å². The fourth-order valence-electron chi connectivity index (χ4n) is 3.59. The third-order valence-electron chi connectivity index (χ3n) is 5.46. The van der Waals surface area contributed by atoms with Crippen LogP contribution in [0.5, 0.6) is 11.5 Å². The second-order valence-corrected chi connectivity index (χ2v) is 8.22. The van der Waals surface area contributed by atoms with Crippen molar-refractivity contribution in [2.75, 3.05) is 19.9 Å². The molecule has 1 unspecified atom stereocenters. The summed E-state index contributed by atoms with van der Waals surface area (Å²) in [4.78, 5) is 31.2. The van der Waals surface area contributed by atoms with Crippen LogP contribution in [0, 0.1) is 11.3 Å². The zero-order valence-electron chi connectivity index (χ0n) is 15.1.